The number of rotatable bonds is 4. The predicted molar refractivity (Wildman–Crippen MR) is 81.4 cm³/mol. The lowest BCUT2D eigenvalue weighted by Gasteiger charge is -2.17. The molecule has 0 spiro atoms. The zero-order valence-corrected chi connectivity index (χ0v) is 11.3. The van der Waals surface area contributed by atoms with Gasteiger partial charge in [0.05, 0.1) is 0 Å². The Balaban J connectivity index is 1.91. The van der Waals surface area contributed by atoms with Gasteiger partial charge in [-0.1, -0.05) is 55.5 Å². The SMILES string of the molecule is CCC(Cn1ccc2ccccc21)c1ccccc1. The van der Waals surface area contributed by atoms with Crippen molar-refractivity contribution < 1.29 is 0 Å². The van der Waals surface area contributed by atoms with Crippen molar-refractivity contribution in [2.75, 3.05) is 0 Å². The second kappa shape index (κ2) is 5.31. The predicted octanol–water partition coefficient (Wildman–Crippen LogP) is 4.84. The zero-order chi connectivity index (χ0) is 13.1. The van der Waals surface area contributed by atoms with E-state index < -0.39 is 0 Å². The average molecular weight is 249 g/mol. The number of fused-ring (bicyclic) bond motifs is 1. The monoisotopic (exact) mass is 249 g/mol. The third-order valence-corrected chi connectivity index (χ3v) is 3.86. The van der Waals surface area contributed by atoms with E-state index in [-0.39, 0.29) is 0 Å². The molecule has 0 aliphatic rings. The summed E-state index contributed by atoms with van der Waals surface area (Å²) in [7, 11) is 0. The molecule has 0 amide bonds. The van der Waals surface area contributed by atoms with Crippen molar-refractivity contribution in [1.29, 1.82) is 0 Å². The summed E-state index contributed by atoms with van der Waals surface area (Å²) < 4.78 is 2.37. The molecule has 19 heavy (non-hydrogen) atoms. The lowest BCUT2D eigenvalue weighted by atomic mass is 9.96. The van der Waals surface area contributed by atoms with Crippen molar-refractivity contribution in [2.24, 2.45) is 0 Å². The number of benzene rings is 2. The van der Waals surface area contributed by atoms with E-state index in [1.807, 2.05) is 0 Å². The zero-order valence-electron chi connectivity index (χ0n) is 11.3. The van der Waals surface area contributed by atoms with Gasteiger partial charge < -0.3 is 4.57 Å². The van der Waals surface area contributed by atoms with E-state index in [9.17, 15) is 0 Å². The maximum atomic E-state index is 2.37. The largest absolute Gasteiger partial charge is 0.347 e. The van der Waals surface area contributed by atoms with E-state index in [1.165, 1.54) is 16.5 Å². The highest BCUT2D eigenvalue weighted by atomic mass is 15.0. The van der Waals surface area contributed by atoms with Crippen LogP contribution in [0, 0.1) is 0 Å². The summed E-state index contributed by atoms with van der Waals surface area (Å²) in [5.41, 5.74) is 2.76. The fourth-order valence-electron chi connectivity index (χ4n) is 2.73. The number of hydrogen-bond donors (Lipinski definition) is 0. The molecular formula is C18H19N. The first-order valence-corrected chi connectivity index (χ1v) is 6.97. The van der Waals surface area contributed by atoms with E-state index in [4.69, 9.17) is 0 Å². The molecule has 0 bridgehead atoms. The topological polar surface area (TPSA) is 4.93 Å². The summed E-state index contributed by atoms with van der Waals surface area (Å²) in [4.78, 5) is 0. The minimum absolute atomic E-state index is 0.581. The van der Waals surface area contributed by atoms with Gasteiger partial charge in [-0.2, -0.15) is 0 Å². The minimum atomic E-state index is 0.581. The number of hydrogen-bond acceptors (Lipinski definition) is 0. The second-order valence-electron chi connectivity index (χ2n) is 5.04. The van der Waals surface area contributed by atoms with Gasteiger partial charge in [-0.15, -0.1) is 0 Å². The van der Waals surface area contributed by atoms with Crippen LogP contribution in [-0.4, -0.2) is 4.57 Å². The van der Waals surface area contributed by atoms with Crippen LogP contribution in [0.3, 0.4) is 0 Å². The van der Waals surface area contributed by atoms with E-state index in [0.717, 1.165) is 13.0 Å². The molecule has 0 fully saturated rings. The van der Waals surface area contributed by atoms with E-state index >= 15 is 0 Å². The Bertz CT molecular complexity index is 652. The molecule has 0 N–H and O–H groups in total. The Labute approximate surface area is 114 Å². The van der Waals surface area contributed by atoms with Crippen LogP contribution in [0.4, 0.5) is 0 Å². The molecule has 0 aliphatic heterocycles. The standard InChI is InChI=1S/C18H19N/c1-2-15(16-8-4-3-5-9-16)14-19-13-12-17-10-6-7-11-18(17)19/h3-13,15H,2,14H2,1H3. The summed E-state index contributed by atoms with van der Waals surface area (Å²) in [6.45, 7) is 3.32. The third-order valence-electron chi connectivity index (χ3n) is 3.86. The Morgan fingerprint density at radius 3 is 2.42 bits per heavy atom. The maximum Gasteiger partial charge on any atom is 0.0480 e. The summed E-state index contributed by atoms with van der Waals surface area (Å²) >= 11 is 0. The first-order valence-electron chi connectivity index (χ1n) is 6.97. The van der Waals surface area contributed by atoms with E-state index in [0.29, 0.717) is 5.92 Å². The molecule has 96 valence electrons. The van der Waals surface area contributed by atoms with Crippen LogP contribution in [0.5, 0.6) is 0 Å². The molecule has 3 aromatic rings. The Kier molecular flexibility index (Phi) is 3.37. The van der Waals surface area contributed by atoms with Crippen molar-refractivity contribution in [3.05, 3.63) is 72.4 Å². The van der Waals surface area contributed by atoms with Crippen LogP contribution in [0.15, 0.2) is 66.9 Å². The molecule has 1 atom stereocenters. The molecule has 1 unspecified atom stereocenters. The quantitative estimate of drug-likeness (QED) is 0.624. The van der Waals surface area contributed by atoms with E-state index in [1.54, 1.807) is 0 Å². The molecule has 0 saturated heterocycles. The van der Waals surface area contributed by atoms with Crippen LogP contribution in [0.25, 0.3) is 10.9 Å². The van der Waals surface area contributed by atoms with Crippen molar-refractivity contribution in [3.63, 3.8) is 0 Å². The first kappa shape index (κ1) is 12.0. The molecule has 1 nitrogen and oxygen atoms in total. The van der Waals surface area contributed by atoms with Gasteiger partial charge in [-0.05, 0) is 29.5 Å². The van der Waals surface area contributed by atoms with Gasteiger partial charge >= 0.3 is 0 Å². The van der Waals surface area contributed by atoms with Crippen molar-refractivity contribution in [1.82, 2.24) is 4.57 Å². The van der Waals surface area contributed by atoms with E-state index in [2.05, 4.69) is 78.4 Å². The van der Waals surface area contributed by atoms with Gasteiger partial charge in [-0.25, -0.2) is 0 Å². The molecule has 0 aliphatic carbocycles. The first-order chi connectivity index (χ1) is 9.38. The Morgan fingerprint density at radius 1 is 0.895 bits per heavy atom. The Morgan fingerprint density at radius 2 is 1.63 bits per heavy atom. The molecule has 1 aromatic heterocycles. The minimum Gasteiger partial charge on any atom is -0.347 e. The van der Waals surface area contributed by atoms with Crippen molar-refractivity contribution >= 4 is 10.9 Å². The lowest BCUT2D eigenvalue weighted by molar-refractivity contribution is 0.557. The highest BCUT2D eigenvalue weighted by Crippen LogP contribution is 2.24. The van der Waals surface area contributed by atoms with Gasteiger partial charge in [0.1, 0.15) is 0 Å². The lowest BCUT2D eigenvalue weighted by Crippen LogP contribution is -2.07. The average Bonchev–Trinajstić information content (AvgIpc) is 2.89. The summed E-state index contributed by atoms with van der Waals surface area (Å²) in [6, 6.07) is 21.6. The summed E-state index contributed by atoms with van der Waals surface area (Å²) in [5, 5.41) is 1.32. The van der Waals surface area contributed by atoms with Crippen LogP contribution >= 0.6 is 0 Å². The fourth-order valence-corrected chi connectivity index (χ4v) is 2.73. The maximum absolute atomic E-state index is 2.37. The molecule has 1 heteroatoms. The van der Waals surface area contributed by atoms with Crippen molar-refractivity contribution in [2.45, 2.75) is 25.8 Å². The normalized spacial score (nSPS) is 12.7. The van der Waals surface area contributed by atoms with Gasteiger partial charge in [0, 0.05) is 24.2 Å². The second-order valence-corrected chi connectivity index (χ2v) is 5.04. The molecule has 1 heterocycles. The summed E-state index contributed by atoms with van der Waals surface area (Å²) in [6.07, 6.45) is 3.37. The van der Waals surface area contributed by atoms with Gasteiger partial charge in [0.25, 0.3) is 0 Å². The highest BCUT2D eigenvalue weighted by molar-refractivity contribution is 5.79. The highest BCUT2D eigenvalue weighted by Gasteiger charge is 2.10. The van der Waals surface area contributed by atoms with Gasteiger partial charge in [-0.3, -0.25) is 0 Å². The Hall–Kier alpha value is -2.02. The fraction of sp³-hybridized carbons (Fsp3) is 0.222. The smallest absolute Gasteiger partial charge is 0.0480 e. The number of aromatic nitrogens is 1. The van der Waals surface area contributed by atoms with Crippen LogP contribution in [-0.2, 0) is 6.54 Å². The molecule has 0 radical (unpaired) electrons. The van der Waals surface area contributed by atoms with Crippen molar-refractivity contribution in [3.8, 4) is 0 Å². The molecule has 0 saturated carbocycles. The third kappa shape index (κ3) is 2.41. The number of nitrogens with zero attached hydrogens (tertiary/aromatic N) is 1. The van der Waals surface area contributed by atoms with Gasteiger partial charge in [0.2, 0.25) is 0 Å². The van der Waals surface area contributed by atoms with Gasteiger partial charge in [0.15, 0.2) is 0 Å². The van der Waals surface area contributed by atoms with Crippen LogP contribution in [0.2, 0.25) is 0 Å². The molecule has 2 aromatic carbocycles. The van der Waals surface area contributed by atoms with Crippen LogP contribution in [0.1, 0.15) is 24.8 Å². The van der Waals surface area contributed by atoms with Crippen LogP contribution < -0.4 is 0 Å². The molecular weight excluding hydrogens is 230 g/mol. The summed E-state index contributed by atoms with van der Waals surface area (Å²) in [5.74, 6) is 0.581. The molecule has 3 rings (SSSR count). The number of para-hydroxylation sites is 1.